The number of thioether (sulfide) groups is 2. The van der Waals surface area contributed by atoms with Crippen LogP contribution in [0, 0.1) is 0 Å². The fourth-order valence-electron chi connectivity index (χ4n) is 2.40. The standard InChI is InChI=1S/C19H18N2O2S2/c1-19(2,3)21-17(22)15(24-13-9-5-4-6-10-13)16(18(21)23)25-14-11-7-8-12-20-14/h4-12H,1-3H3. The summed E-state index contributed by atoms with van der Waals surface area (Å²) in [5.74, 6) is -0.503. The number of amides is 2. The molecule has 0 bridgehead atoms. The molecule has 128 valence electrons. The van der Waals surface area contributed by atoms with E-state index in [2.05, 4.69) is 4.98 Å². The Kier molecular flexibility index (Phi) is 5.01. The van der Waals surface area contributed by atoms with Crippen molar-refractivity contribution in [2.24, 2.45) is 0 Å². The highest BCUT2D eigenvalue weighted by Crippen LogP contribution is 2.43. The molecule has 0 atom stereocenters. The van der Waals surface area contributed by atoms with Crippen LogP contribution in [0.1, 0.15) is 20.8 Å². The number of hydrogen-bond acceptors (Lipinski definition) is 5. The maximum atomic E-state index is 13.0. The molecule has 0 aliphatic carbocycles. The summed E-state index contributed by atoms with van der Waals surface area (Å²) in [6, 6.07) is 15.1. The average molecular weight is 370 g/mol. The van der Waals surface area contributed by atoms with Crippen molar-refractivity contribution >= 4 is 35.3 Å². The zero-order valence-corrected chi connectivity index (χ0v) is 15.9. The zero-order valence-electron chi connectivity index (χ0n) is 14.2. The molecule has 25 heavy (non-hydrogen) atoms. The van der Waals surface area contributed by atoms with E-state index < -0.39 is 5.54 Å². The van der Waals surface area contributed by atoms with Crippen LogP contribution < -0.4 is 0 Å². The van der Waals surface area contributed by atoms with Crippen LogP contribution in [0.25, 0.3) is 0 Å². The van der Waals surface area contributed by atoms with Crippen LogP contribution in [-0.2, 0) is 9.59 Å². The molecular weight excluding hydrogens is 352 g/mol. The van der Waals surface area contributed by atoms with E-state index in [9.17, 15) is 9.59 Å². The van der Waals surface area contributed by atoms with Crippen molar-refractivity contribution in [2.45, 2.75) is 36.2 Å². The van der Waals surface area contributed by atoms with Crippen LogP contribution in [0.2, 0.25) is 0 Å². The lowest BCUT2D eigenvalue weighted by molar-refractivity contribution is -0.142. The summed E-state index contributed by atoms with van der Waals surface area (Å²) in [6.45, 7) is 5.59. The third-order valence-corrected chi connectivity index (χ3v) is 5.73. The smallest absolute Gasteiger partial charge is 0.268 e. The number of imide groups is 1. The number of carbonyl (C=O) groups is 2. The lowest BCUT2D eigenvalue weighted by Gasteiger charge is -2.30. The van der Waals surface area contributed by atoms with E-state index in [-0.39, 0.29) is 11.8 Å². The molecule has 1 aromatic heterocycles. The number of aromatic nitrogens is 1. The van der Waals surface area contributed by atoms with Crippen molar-refractivity contribution in [3.8, 4) is 0 Å². The van der Waals surface area contributed by atoms with Crippen molar-refractivity contribution in [1.82, 2.24) is 9.88 Å². The van der Waals surface area contributed by atoms with Crippen molar-refractivity contribution in [3.63, 3.8) is 0 Å². The fourth-order valence-corrected chi connectivity index (χ4v) is 4.36. The molecule has 0 N–H and O–H groups in total. The Morgan fingerprint density at radius 1 is 0.840 bits per heavy atom. The molecular formula is C19H18N2O2S2. The van der Waals surface area contributed by atoms with Gasteiger partial charge in [-0.25, -0.2) is 4.98 Å². The van der Waals surface area contributed by atoms with Crippen molar-refractivity contribution < 1.29 is 9.59 Å². The summed E-state index contributed by atoms with van der Waals surface area (Å²) in [5, 5.41) is 0.695. The second-order valence-corrected chi connectivity index (χ2v) is 8.57. The molecule has 4 nitrogen and oxygen atoms in total. The summed E-state index contributed by atoms with van der Waals surface area (Å²) >= 11 is 2.58. The Morgan fingerprint density at radius 3 is 2.00 bits per heavy atom. The van der Waals surface area contributed by atoms with Crippen LogP contribution in [0.15, 0.2) is 74.5 Å². The molecule has 0 saturated carbocycles. The summed E-state index contributed by atoms with van der Waals surface area (Å²) in [6.07, 6.45) is 1.68. The number of carbonyl (C=O) groups excluding carboxylic acids is 2. The van der Waals surface area contributed by atoms with Gasteiger partial charge in [0.25, 0.3) is 11.8 Å². The summed E-state index contributed by atoms with van der Waals surface area (Å²) in [7, 11) is 0. The first-order chi connectivity index (χ1) is 11.9. The zero-order chi connectivity index (χ0) is 18.0. The Morgan fingerprint density at radius 2 is 1.44 bits per heavy atom. The summed E-state index contributed by atoms with van der Waals surface area (Å²) < 4.78 is 0. The van der Waals surface area contributed by atoms with Crippen LogP contribution in [0.3, 0.4) is 0 Å². The van der Waals surface area contributed by atoms with Crippen LogP contribution in [-0.4, -0.2) is 27.2 Å². The maximum absolute atomic E-state index is 13.0. The third-order valence-electron chi connectivity index (χ3n) is 3.48. The first kappa shape index (κ1) is 17.8. The first-order valence-electron chi connectivity index (χ1n) is 7.83. The van der Waals surface area contributed by atoms with Gasteiger partial charge in [-0.1, -0.05) is 47.8 Å². The lowest BCUT2D eigenvalue weighted by Crippen LogP contribution is -2.46. The molecule has 0 spiro atoms. The number of pyridine rings is 1. The minimum atomic E-state index is -0.580. The SMILES string of the molecule is CC(C)(C)N1C(=O)C(Sc2ccccc2)=C(Sc2ccccn2)C1=O. The van der Waals surface area contributed by atoms with Gasteiger partial charge in [0.1, 0.15) is 5.03 Å². The van der Waals surface area contributed by atoms with Gasteiger partial charge < -0.3 is 0 Å². The van der Waals surface area contributed by atoms with Crippen LogP contribution in [0.5, 0.6) is 0 Å². The quantitative estimate of drug-likeness (QED) is 0.749. The molecule has 6 heteroatoms. The molecule has 0 fully saturated rings. The molecule has 0 unspecified atom stereocenters. The third kappa shape index (κ3) is 3.80. The van der Waals surface area contributed by atoms with Gasteiger partial charge in [0.05, 0.1) is 9.81 Å². The largest absolute Gasteiger partial charge is 0.269 e. The normalized spacial score (nSPS) is 15.2. The Balaban J connectivity index is 2.01. The summed E-state index contributed by atoms with van der Waals surface area (Å²) in [4.78, 5) is 33.3. The average Bonchev–Trinajstić information content (AvgIpc) is 2.80. The Hall–Kier alpha value is -2.05. The highest BCUT2D eigenvalue weighted by Gasteiger charge is 2.44. The van der Waals surface area contributed by atoms with Crippen LogP contribution in [0.4, 0.5) is 0 Å². The van der Waals surface area contributed by atoms with Crippen molar-refractivity contribution in [1.29, 1.82) is 0 Å². The predicted molar refractivity (Wildman–Crippen MR) is 101 cm³/mol. The fraction of sp³-hybridized carbons (Fsp3) is 0.211. The molecule has 2 aromatic rings. The maximum Gasteiger partial charge on any atom is 0.269 e. The molecule has 3 rings (SSSR count). The van der Waals surface area contributed by atoms with Gasteiger partial charge in [-0.15, -0.1) is 0 Å². The number of nitrogens with zero attached hydrogens (tertiary/aromatic N) is 2. The van der Waals surface area contributed by atoms with Gasteiger partial charge in [0.2, 0.25) is 0 Å². The topological polar surface area (TPSA) is 50.3 Å². The van der Waals surface area contributed by atoms with Crippen molar-refractivity contribution in [3.05, 3.63) is 64.5 Å². The number of benzene rings is 1. The van der Waals surface area contributed by atoms with Gasteiger partial charge in [0.15, 0.2) is 0 Å². The van der Waals surface area contributed by atoms with E-state index in [1.807, 2.05) is 69.3 Å². The van der Waals surface area contributed by atoms with Gasteiger partial charge in [-0.3, -0.25) is 14.5 Å². The second kappa shape index (κ2) is 7.06. The van der Waals surface area contributed by atoms with E-state index in [0.29, 0.717) is 14.8 Å². The van der Waals surface area contributed by atoms with Gasteiger partial charge in [-0.05, 0) is 45.0 Å². The Bertz CT molecular complexity index is 764. The summed E-state index contributed by atoms with van der Waals surface area (Å²) in [5.41, 5.74) is -0.580. The molecule has 1 aliphatic rings. The van der Waals surface area contributed by atoms with Crippen molar-refractivity contribution in [2.75, 3.05) is 0 Å². The van der Waals surface area contributed by atoms with E-state index in [1.165, 1.54) is 28.4 Å². The molecule has 0 radical (unpaired) electrons. The van der Waals surface area contributed by atoms with Crippen LogP contribution >= 0.6 is 23.5 Å². The monoisotopic (exact) mass is 370 g/mol. The van der Waals surface area contributed by atoms with E-state index in [1.54, 1.807) is 6.20 Å². The van der Waals surface area contributed by atoms with Gasteiger partial charge in [0, 0.05) is 16.6 Å². The van der Waals surface area contributed by atoms with E-state index in [4.69, 9.17) is 0 Å². The van der Waals surface area contributed by atoms with E-state index in [0.717, 1.165) is 4.90 Å². The first-order valence-corrected chi connectivity index (χ1v) is 9.46. The minimum absolute atomic E-state index is 0.246. The number of hydrogen-bond donors (Lipinski definition) is 0. The highest BCUT2D eigenvalue weighted by molar-refractivity contribution is 8.08. The highest BCUT2D eigenvalue weighted by atomic mass is 32.2. The van der Waals surface area contributed by atoms with Gasteiger partial charge in [-0.2, -0.15) is 0 Å². The predicted octanol–water partition coefficient (Wildman–Crippen LogP) is 4.34. The molecule has 1 aromatic carbocycles. The lowest BCUT2D eigenvalue weighted by atomic mass is 10.1. The second-order valence-electron chi connectivity index (χ2n) is 6.46. The molecule has 1 aliphatic heterocycles. The minimum Gasteiger partial charge on any atom is -0.268 e. The molecule has 2 amide bonds. The van der Waals surface area contributed by atoms with E-state index >= 15 is 0 Å². The number of rotatable bonds is 4. The molecule has 2 heterocycles. The Labute approximate surface area is 155 Å². The van der Waals surface area contributed by atoms with Gasteiger partial charge >= 0.3 is 0 Å². The molecule has 0 saturated heterocycles.